The summed E-state index contributed by atoms with van der Waals surface area (Å²) in [6.45, 7) is 4.22. The lowest BCUT2D eigenvalue weighted by molar-refractivity contribution is -0.125. The third-order valence-corrected chi connectivity index (χ3v) is 6.22. The predicted molar refractivity (Wildman–Crippen MR) is 82.5 cm³/mol. The summed E-state index contributed by atoms with van der Waals surface area (Å²) in [5.74, 6) is 0.0272. The summed E-state index contributed by atoms with van der Waals surface area (Å²) in [4.78, 5) is 12.4. The van der Waals surface area contributed by atoms with Gasteiger partial charge < -0.3 is 10.6 Å². The van der Waals surface area contributed by atoms with E-state index >= 15 is 0 Å². The molecular weight excluding hydrogens is 290 g/mol. The summed E-state index contributed by atoms with van der Waals surface area (Å²) in [5, 5.41) is 6.26. The first-order valence-corrected chi connectivity index (χ1v) is 9.66. The highest BCUT2D eigenvalue weighted by molar-refractivity contribution is 7.89. The zero-order valence-corrected chi connectivity index (χ0v) is 13.6. The van der Waals surface area contributed by atoms with Crippen molar-refractivity contribution in [3.63, 3.8) is 0 Å². The third-order valence-electron chi connectivity index (χ3n) is 4.26. The number of nitrogens with zero attached hydrogens (tertiary/aromatic N) is 1. The average molecular weight is 317 g/mol. The van der Waals surface area contributed by atoms with E-state index in [9.17, 15) is 13.2 Å². The average Bonchev–Trinajstić information content (AvgIpc) is 2.97. The van der Waals surface area contributed by atoms with Crippen LogP contribution in [0.3, 0.4) is 0 Å². The van der Waals surface area contributed by atoms with Gasteiger partial charge >= 0.3 is 0 Å². The largest absolute Gasteiger partial charge is 0.351 e. The minimum Gasteiger partial charge on any atom is -0.351 e. The van der Waals surface area contributed by atoms with E-state index in [4.69, 9.17) is 0 Å². The third kappa shape index (κ3) is 4.40. The van der Waals surface area contributed by atoms with Crippen LogP contribution in [0.5, 0.6) is 0 Å². The maximum Gasteiger partial charge on any atom is 0.238 e. The lowest BCUT2D eigenvalue weighted by Crippen LogP contribution is -2.52. The van der Waals surface area contributed by atoms with Gasteiger partial charge in [-0.15, -0.1) is 0 Å². The zero-order valence-electron chi connectivity index (χ0n) is 12.8. The topological polar surface area (TPSA) is 78.5 Å². The van der Waals surface area contributed by atoms with Crippen molar-refractivity contribution in [2.45, 2.75) is 57.5 Å². The predicted octanol–water partition coefficient (Wildman–Crippen LogP) is 0.449. The van der Waals surface area contributed by atoms with Crippen molar-refractivity contribution < 1.29 is 13.2 Å². The summed E-state index contributed by atoms with van der Waals surface area (Å²) >= 11 is 0. The first-order chi connectivity index (χ1) is 10.0. The molecule has 2 fully saturated rings. The maximum atomic E-state index is 12.4. The van der Waals surface area contributed by atoms with Crippen molar-refractivity contribution in [3.8, 4) is 0 Å². The number of rotatable bonds is 6. The molecule has 2 N–H and O–H groups in total. The Balaban J connectivity index is 1.95. The molecule has 2 aliphatic rings. The Labute approximate surface area is 127 Å². The fourth-order valence-corrected chi connectivity index (χ4v) is 4.94. The van der Waals surface area contributed by atoms with E-state index in [1.807, 2.05) is 6.92 Å². The molecule has 2 aliphatic heterocycles. The molecule has 122 valence electrons. The Morgan fingerprint density at radius 3 is 2.81 bits per heavy atom. The van der Waals surface area contributed by atoms with Gasteiger partial charge in [0.1, 0.15) is 6.04 Å². The quantitative estimate of drug-likeness (QED) is 0.745. The second-order valence-corrected chi connectivity index (χ2v) is 8.03. The van der Waals surface area contributed by atoms with Crippen LogP contribution in [0, 0.1) is 0 Å². The number of sulfonamides is 1. The van der Waals surface area contributed by atoms with E-state index in [1.165, 1.54) is 4.31 Å². The Hall–Kier alpha value is -0.660. The molecule has 0 aromatic rings. The van der Waals surface area contributed by atoms with E-state index in [0.29, 0.717) is 19.4 Å². The van der Waals surface area contributed by atoms with Crippen LogP contribution in [0.1, 0.15) is 45.4 Å². The van der Waals surface area contributed by atoms with Crippen LogP contribution in [0.25, 0.3) is 0 Å². The molecule has 0 saturated carbocycles. The summed E-state index contributed by atoms with van der Waals surface area (Å²) < 4.78 is 26.1. The number of carbonyl (C=O) groups is 1. The highest BCUT2D eigenvalue weighted by Gasteiger charge is 2.38. The van der Waals surface area contributed by atoms with Crippen LogP contribution in [-0.2, 0) is 14.8 Å². The van der Waals surface area contributed by atoms with Gasteiger partial charge in [0.25, 0.3) is 0 Å². The molecule has 0 radical (unpaired) electrons. The minimum absolute atomic E-state index is 0.124. The van der Waals surface area contributed by atoms with E-state index in [-0.39, 0.29) is 17.7 Å². The molecule has 0 aromatic carbocycles. The van der Waals surface area contributed by atoms with Gasteiger partial charge in [0.05, 0.1) is 5.75 Å². The molecule has 2 saturated heterocycles. The van der Waals surface area contributed by atoms with Crippen LogP contribution in [0.4, 0.5) is 0 Å². The van der Waals surface area contributed by atoms with Gasteiger partial charge in [-0.1, -0.05) is 13.3 Å². The first kappa shape index (κ1) is 16.7. The highest BCUT2D eigenvalue weighted by Crippen LogP contribution is 2.22. The molecule has 2 atom stereocenters. The van der Waals surface area contributed by atoms with Crippen molar-refractivity contribution in [3.05, 3.63) is 0 Å². The molecule has 1 amide bonds. The Kier molecular flexibility index (Phi) is 6.01. The highest BCUT2D eigenvalue weighted by atomic mass is 32.2. The van der Waals surface area contributed by atoms with E-state index in [1.54, 1.807) is 0 Å². The molecule has 2 unspecified atom stereocenters. The molecule has 21 heavy (non-hydrogen) atoms. The van der Waals surface area contributed by atoms with Gasteiger partial charge in [-0.25, -0.2) is 8.42 Å². The number of amides is 1. The Morgan fingerprint density at radius 1 is 1.33 bits per heavy atom. The van der Waals surface area contributed by atoms with Gasteiger partial charge in [-0.3, -0.25) is 4.79 Å². The molecule has 7 heteroatoms. The van der Waals surface area contributed by atoms with Crippen LogP contribution in [-0.4, -0.2) is 56.1 Å². The first-order valence-electron chi connectivity index (χ1n) is 8.05. The van der Waals surface area contributed by atoms with Crippen LogP contribution < -0.4 is 10.6 Å². The SMILES string of the molecule is CCCCS(=O)(=O)N1CCCC1C(=O)NC1CCCNC1. The van der Waals surface area contributed by atoms with Crippen molar-refractivity contribution in [2.24, 2.45) is 0 Å². The molecule has 2 heterocycles. The van der Waals surface area contributed by atoms with Crippen molar-refractivity contribution in [2.75, 3.05) is 25.4 Å². The number of unbranched alkanes of at least 4 members (excludes halogenated alkanes) is 1. The lowest BCUT2D eigenvalue weighted by Gasteiger charge is -2.28. The second-order valence-electron chi connectivity index (χ2n) is 5.99. The Bertz CT molecular complexity index is 446. The molecule has 6 nitrogen and oxygen atoms in total. The van der Waals surface area contributed by atoms with Crippen molar-refractivity contribution in [1.29, 1.82) is 0 Å². The number of nitrogens with one attached hydrogen (secondary N) is 2. The maximum absolute atomic E-state index is 12.4. The van der Waals surface area contributed by atoms with Gasteiger partial charge in [0.2, 0.25) is 15.9 Å². The number of piperidine rings is 1. The van der Waals surface area contributed by atoms with Gasteiger partial charge in [0.15, 0.2) is 0 Å². The number of carbonyl (C=O) groups excluding carboxylic acids is 1. The molecule has 0 spiro atoms. The lowest BCUT2D eigenvalue weighted by atomic mass is 10.1. The van der Waals surface area contributed by atoms with E-state index in [2.05, 4.69) is 10.6 Å². The Morgan fingerprint density at radius 2 is 2.14 bits per heavy atom. The zero-order chi connectivity index (χ0) is 15.3. The molecule has 0 aromatic heterocycles. The van der Waals surface area contributed by atoms with Crippen LogP contribution >= 0.6 is 0 Å². The van der Waals surface area contributed by atoms with E-state index < -0.39 is 16.1 Å². The summed E-state index contributed by atoms with van der Waals surface area (Å²) in [7, 11) is -3.30. The standard InChI is InChI=1S/C14H27N3O3S/c1-2-3-10-21(19,20)17-9-5-7-13(17)14(18)16-12-6-4-8-15-11-12/h12-13,15H,2-11H2,1H3,(H,16,18). The summed E-state index contributed by atoms with van der Waals surface area (Å²) in [6, 6.07) is -0.374. The molecule has 0 aliphatic carbocycles. The van der Waals surface area contributed by atoms with Gasteiger partial charge in [-0.2, -0.15) is 4.31 Å². The minimum atomic E-state index is -3.30. The van der Waals surface area contributed by atoms with E-state index in [0.717, 1.165) is 38.8 Å². The van der Waals surface area contributed by atoms with Gasteiger partial charge in [-0.05, 0) is 38.6 Å². The van der Waals surface area contributed by atoms with Crippen molar-refractivity contribution >= 4 is 15.9 Å². The van der Waals surface area contributed by atoms with Gasteiger partial charge in [0, 0.05) is 19.1 Å². The smallest absolute Gasteiger partial charge is 0.238 e. The van der Waals surface area contributed by atoms with Crippen LogP contribution in [0.15, 0.2) is 0 Å². The monoisotopic (exact) mass is 317 g/mol. The summed E-state index contributed by atoms with van der Waals surface area (Å²) in [6.07, 6.45) is 4.92. The molecule has 2 rings (SSSR count). The second kappa shape index (κ2) is 7.56. The molecule has 0 bridgehead atoms. The summed E-state index contributed by atoms with van der Waals surface area (Å²) in [5.41, 5.74) is 0. The fraction of sp³-hybridized carbons (Fsp3) is 0.929. The molecular formula is C14H27N3O3S. The number of hydrogen-bond donors (Lipinski definition) is 2. The number of hydrogen-bond acceptors (Lipinski definition) is 4. The fourth-order valence-electron chi connectivity index (χ4n) is 3.05. The van der Waals surface area contributed by atoms with Crippen LogP contribution in [0.2, 0.25) is 0 Å². The normalized spacial score (nSPS) is 27.7. The van der Waals surface area contributed by atoms with Crippen molar-refractivity contribution in [1.82, 2.24) is 14.9 Å².